The first-order valence-electron chi connectivity index (χ1n) is 6.01. The van der Waals surface area contributed by atoms with Crippen molar-refractivity contribution < 1.29 is 0 Å². The van der Waals surface area contributed by atoms with E-state index in [4.69, 9.17) is 0 Å². The molecule has 0 radical (unpaired) electrons. The molecule has 1 nitrogen and oxygen atoms in total. The predicted molar refractivity (Wildman–Crippen MR) is 70.1 cm³/mol. The molecule has 1 N–H and O–H groups in total. The Labute approximate surface area is 95.0 Å². The standard InChI is InChI=1S/C12H19N.C2H6/c1-4-10(2)9-12-6-8-13-7-5-11(12)3;1-2/h9,13H,2-8H2,1H3;1-2H3/b12-9-;. The fourth-order valence-electron chi connectivity index (χ4n) is 1.45. The Morgan fingerprint density at radius 3 is 2.53 bits per heavy atom. The molecular weight excluding hydrogens is 182 g/mol. The van der Waals surface area contributed by atoms with Gasteiger partial charge in [0.15, 0.2) is 0 Å². The highest BCUT2D eigenvalue weighted by Crippen LogP contribution is 2.19. The average molecular weight is 207 g/mol. The lowest BCUT2D eigenvalue weighted by Gasteiger charge is -2.05. The van der Waals surface area contributed by atoms with Gasteiger partial charge in [-0.1, -0.05) is 51.2 Å². The highest BCUT2D eigenvalue weighted by Gasteiger charge is 2.07. The minimum Gasteiger partial charge on any atom is -0.316 e. The van der Waals surface area contributed by atoms with Crippen LogP contribution in [0.5, 0.6) is 0 Å². The van der Waals surface area contributed by atoms with E-state index in [1.54, 1.807) is 0 Å². The summed E-state index contributed by atoms with van der Waals surface area (Å²) in [5.41, 5.74) is 3.87. The maximum atomic E-state index is 4.09. The largest absolute Gasteiger partial charge is 0.316 e. The highest BCUT2D eigenvalue weighted by atomic mass is 14.8. The van der Waals surface area contributed by atoms with Gasteiger partial charge < -0.3 is 5.32 Å². The summed E-state index contributed by atoms with van der Waals surface area (Å²) >= 11 is 0. The predicted octanol–water partition coefficient (Wildman–Crippen LogP) is 3.84. The van der Waals surface area contributed by atoms with Gasteiger partial charge in [0.25, 0.3) is 0 Å². The summed E-state index contributed by atoms with van der Waals surface area (Å²) in [7, 11) is 0. The maximum absolute atomic E-state index is 4.09. The van der Waals surface area contributed by atoms with E-state index in [1.807, 2.05) is 13.8 Å². The number of hydrogen-bond donors (Lipinski definition) is 1. The average Bonchev–Trinajstić information content (AvgIpc) is 2.47. The van der Waals surface area contributed by atoms with Gasteiger partial charge in [0.2, 0.25) is 0 Å². The summed E-state index contributed by atoms with van der Waals surface area (Å²) in [6, 6.07) is 0. The number of rotatable bonds is 2. The first kappa shape index (κ1) is 14.2. The van der Waals surface area contributed by atoms with Crippen molar-refractivity contribution in [3.63, 3.8) is 0 Å². The van der Waals surface area contributed by atoms with E-state index in [9.17, 15) is 0 Å². The van der Waals surface area contributed by atoms with Gasteiger partial charge in [0.05, 0.1) is 0 Å². The summed E-state index contributed by atoms with van der Waals surface area (Å²) < 4.78 is 0. The molecular formula is C14H25N. The Kier molecular flexibility index (Phi) is 8.02. The molecule has 0 saturated carbocycles. The van der Waals surface area contributed by atoms with E-state index in [2.05, 4.69) is 31.5 Å². The first-order valence-corrected chi connectivity index (χ1v) is 6.01. The fraction of sp³-hybridized carbons (Fsp3) is 0.571. The van der Waals surface area contributed by atoms with Crippen LogP contribution in [0.3, 0.4) is 0 Å². The first-order chi connectivity index (χ1) is 7.24. The lowest BCUT2D eigenvalue weighted by Crippen LogP contribution is -2.13. The van der Waals surface area contributed by atoms with Crippen molar-refractivity contribution >= 4 is 0 Å². The van der Waals surface area contributed by atoms with Crippen LogP contribution in [-0.2, 0) is 0 Å². The van der Waals surface area contributed by atoms with Crippen molar-refractivity contribution in [1.82, 2.24) is 5.32 Å². The van der Waals surface area contributed by atoms with Gasteiger partial charge in [-0.3, -0.25) is 0 Å². The molecule has 1 saturated heterocycles. The summed E-state index contributed by atoms with van der Waals surface area (Å²) in [4.78, 5) is 0. The molecule has 0 unspecified atom stereocenters. The third-order valence-electron chi connectivity index (χ3n) is 2.46. The lowest BCUT2D eigenvalue weighted by molar-refractivity contribution is 0.717. The summed E-state index contributed by atoms with van der Waals surface area (Å²) in [6.45, 7) is 16.4. The summed E-state index contributed by atoms with van der Waals surface area (Å²) in [6.07, 6.45) is 5.40. The Balaban J connectivity index is 0.000000921. The van der Waals surface area contributed by atoms with Crippen LogP contribution in [0.1, 0.15) is 40.0 Å². The second-order valence-corrected chi connectivity index (χ2v) is 3.53. The minimum atomic E-state index is 1.03. The van der Waals surface area contributed by atoms with Gasteiger partial charge in [-0.25, -0.2) is 0 Å². The van der Waals surface area contributed by atoms with Crippen molar-refractivity contribution in [2.75, 3.05) is 13.1 Å². The minimum absolute atomic E-state index is 1.03. The van der Waals surface area contributed by atoms with Crippen LogP contribution >= 0.6 is 0 Å². The topological polar surface area (TPSA) is 12.0 Å². The third kappa shape index (κ3) is 5.58. The van der Waals surface area contributed by atoms with Crippen LogP contribution in [0.25, 0.3) is 0 Å². The third-order valence-corrected chi connectivity index (χ3v) is 2.46. The van der Waals surface area contributed by atoms with Gasteiger partial charge in [-0.2, -0.15) is 0 Å². The van der Waals surface area contributed by atoms with E-state index < -0.39 is 0 Å². The zero-order valence-corrected chi connectivity index (χ0v) is 10.5. The summed E-state index contributed by atoms with van der Waals surface area (Å²) in [5.74, 6) is 0. The molecule has 0 aromatic heterocycles. The van der Waals surface area contributed by atoms with E-state index in [1.165, 1.54) is 16.7 Å². The van der Waals surface area contributed by atoms with Gasteiger partial charge in [-0.05, 0) is 37.9 Å². The zero-order chi connectivity index (χ0) is 11.7. The fourth-order valence-corrected chi connectivity index (χ4v) is 1.45. The van der Waals surface area contributed by atoms with Crippen LogP contribution in [0.15, 0.2) is 36.0 Å². The van der Waals surface area contributed by atoms with Crippen LogP contribution in [0.2, 0.25) is 0 Å². The molecule has 0 aromatic carbocycles. The monoisotopic (exact) mass is 207 g/mol. The molecule has 1 heteroatoms. The van der Waals surface area contributed by atoms with Crippen molar-refractivity contribution in [2.24, 2.45) is 0 Å². The molecule has 0 amide bonds. The van der Waals surface area contributed by atoms with Crippen molar-refractivity contribution in [2.45, 2.75) is 40.0 Å². The van der Waals surface area contributed by atoms with Crippen LogP contribution in [0.4, 0.5) is 0 Å². The molecule has 0 aliphatic carbocycles. The molecule has 0 spiro atoms. The van der Waals surface area contributed by atoms with E-state index >= 15 is 0 Å². The van der Waals surface area contributed by atoms with Gasteiger partial charge in [0, 0.05) is 0 Å². The summed E-state index contributed by atoms with van der Waals surface area (Å²) in [5, 5.41) is 3.37. The SMILES string of the molecule is C=C(/C=C1/CCNCCC1=C)CC.CC. The van der Waals surface area contributed by atoms with Crippen molar-refractivity contribution in [1.29, 1.82) is 0 Å². The van der Waals surface area contributed by atoms with Gasteiger partial charge in [-0.15, -0.1) is 0 Å². The molecule has 0 bridgehead atoms. The highest BCUT2D eigenvalue weighted by molar-refractivity contribution is 5.35. The second-order valence-electron chi connectivity index (χ2n) is 3.53. The number of nitrogens with one attached hydrogen (secondary N) is 1. The van der Waals surface area contributed by atoms with Crippen LogP contribution in [0, 0.1) is 0 Å². The normalized spacial score (nSPS) is 19.1. The zero-order valence-electron chi connectivity index (χ0n) is 10.5. The van der Waals surface area contributed by atoms with Crippen molar-refractivity contribution in [3.8, 4) is 0 Å². The molecule has 0 atom stereocenters. The molecule has 0 aromatic rings. The molecule has 86 valence electrons. The Morgan fingerprint density at radius 2 is 1.93 bits per heavy atom. The molecule has 15 heavy (non-hydrogen) atoms. The second kappa shape index (κ2) is 8.49. The number of hydrogen-bond acceptors (Lipinski definition) is 1. The van der Waals surface area contributed by atoms with Crippen LogP contribution in [-0.4, -0.2) is 13.1 Å². The molecule has 1 aliphatic heterocycles. The lowest BCUT2D eigenvalue weighted by atomic mass is 10.00. The molecule has 1 fully saturated rings. The van der Waals surface area contributed by atoms with Gasteiger partial charge in [0.1, 0.15) is 0 Å². The molecule has 1 rings (SSSR count). The maximum Gasteiger partial charge on any atom is -0.000812 e. The van der Waals surface area contributed by atoms with E-state index in [0.29, 0.717) is 0 Å². The number of allylic oxidation sites excluding steroid dienone is 2. The quantitative estimate of drug-likeness (QED) is 0.725. The molecule has 1 aliphatic rings. The van der Waals surface area contributed by atoms with E-state index in [0.717, 1.165) is 32.4 Å². The Morgan fingerprint density at radius 1 is 1.33 bits per heavy atom. The van der Waals surface area contributed by atoms with Crippen molar-refractivity contribution in [3.05, 3.63) is 36.0 Å². The Hall–Kier alpha value is -0.820. The van der Waals surface area contributed by atoms with Gasteiger partial charge >= 0.3 is 0 Å². The Bertz CT molecular complexity index is 236. The smallest absolute Gasteiger partial charge is 0.000812 e. The molecule has 1 heterocycles. The van der Waals surface area contributed by atoms with E-state index in [-0.39, 0.29) is 0 Å². The van der Waals surface area contributed by atoms with Crippen LogP contribution < -0.4 is 5.32 Å².